The van der Waals surface area contributed by atoms with Crippen molar-refractivity contribution < 1.29 is 4.79 Å². The van der Waals surface area contributed by atoms with E-state index in [0.717, 1.165) is 27.9 Å². The van der Waals surface area contributed by atoms with E-state index in [9.17, 15) is 4.79 Å². The van der Waals surface area contributed by atoms with Crippen molar-refractivity contribution >= 4 is 63.2 Å². The molecular formula is C34H22Cl2N2OS2. The summed E-state index contributed by atoms with van der Waals surface area (Å²) in [5.74, 6) is -0.0954. The molecule has 0 saturated heterocycles. The number of fused-ring (bicyclic) bond motifs is 2. The molecule has 1 atom stereocenters. The fraction of sp³-hybridized carbons (Fsp3) is 0.0588. The van der Waals surface area contributed by atoms with Gasteiger partial charge in [0.25, 0.3) is 0 Å². The molecule has 0 saturated carbocycles. The Bertz CT molecular complexity index is 1730. The van der Waals surface area contributed by atoms with Crippen LogP contribution in [0.25, 0.3) is 0 Å². The van der Waals surface area contributed by atoms with Crippen molar-refractivity contribution in [3.05, 3.63) is 171 Å². The Balaban J connectivity index is 1.48. The summed E-state index contributed by atoms with van der Waals surface area (Å²) in [6.45, 7) is 0. The number of halogens is 2. The first kappa shape index (κ1) is 26.4. The van der Waals surface area contributed by atoms with Gasteiger partial charge in [-0.3, -0.25) is 4.79 Å². The molecule has 7 heteroatoms. The number of benzene rings is 5. The Labute approximate surface area is 257 Å². The molecule has 2 aliphatic rings. The van der Waals surface area contributed by atoms with Crippen molar-refractivity contribution in [2.75, 3.05) is 5.01 Å². The number of Topliss-reactive ketones (excluding diaryl/α,β-unsaturated/α-hetero) is 1. The molecule has 3 nitrogen and oxygen atoms in total. The Morgan fingerprint density at radius 3 is 1.73 bits per heavy atom. The van der Waals surface area contributed by atoms with Gasteiger partial charge in [0.05, 0.1) is 10.4 Å². The van der Waals surface area contributed by atoms with Crippen molar-refractivity contribution in [1.29, 1.82) is 0 Å². The zero-order valence-corrected chi connectivity index (χ0v) is 24.7. The lowest BCUT2D eigenvalue weighted by molar-refractivity contribution is 0.106. The number of hydrogen-bond acceptors (Lipinski definition) is 5. The van der Waals surface area contributed by atoms with Crippen molar-refractivity contribution in [2.24, 2.45) is 5.10 Å². The Kier molecular flexibility index (Phi) is 6.71. The average molecular weight is 610 g/mol. The number of hydrogen-bond donors (Lipinski definition) is 0. The predicted octanol–water partition coefficient (Wildman–Crippen LogP) is 9.59. The molecule has 0 N–H and O–H groups in total. The highest BCUT2D eigenvalue weighted by atomic mass is 35.5. The highest BCUT2D eigenvalue weighted by Gasteiger charge is 2.61. The molecule has 41 heavy (non-hydrogen) atoms. The van der Waals surface area contributed by atoms with E-state index < -0.39 is 8.95 Å². The molecule has 1 unspecified atom stereocenters. The largest absolute Gasteiger partial charge is 0.286 e. The monoisotopic (exact) mass is 608 g/mol. The van der Waals surface area contributed by atoms with Gasteiger partial charge in [0.2, 0.25) is 5.78 Å². The molecule has 0 aromatic heterocycles. The Morgan fingerprint density at radius 1 is 0.634 bits per heavy atom. The second kappa shape index (κ2) is 10.4. The van der Waals surface area contributed by atoms with Crippen molar-refractivity contribution in [2.45, 2.75) is 8.95 Å². The minimum Gasteiger partial charge on any atom is -0.286 e. The molecule has 0 fully saturated rings. The highest BCUT2D eigenvalue weighted by molar-refractivity contribution is 8.27. The van der Waals surface area contributed by atoms with Gasteiger partial charge in [0, 0.05) is 21.2 Å². The summed E-state index contributed by atoms with van der Waals surface area (Å²) in [5.41, 5.74) is 5.89. The van der Waals surface area contributed by atoms with Crippen LogP contribution in [0.5, 0.6) is 0 Å². The molecule has 0 aliphatic carbocycles. The summed E-state index contributed by atoms with van der Waals surface area (Å²) in [5, 5.41) is 8.86. The van der Waals surface area contributed by atoms with E-state index in [1.54, 1.807) is 11.8 Å². The van der Waals surface area contributed by atoms with E-state index in [2.05, 4.69) is 48.5 Å². The summed E-state index contributed by atoms with van der Waals surface area (Å²) in [6, 6.07) is 43.9. The zero-order valence-electron chi connectivity index (χ0n) is 21.6. The van der Waals surface area contributed by atoms with Crippen molar-refractivity contribution in [1.82, 2.24) is 0 Å². The smallest absolute Gasteiger partial charge is 0.219 e. The summed E-state index contributed by atoms with van der Waals surface area (Å²) in [6.07, 6.45) is 0. The highest BCUT2D eigenvalue weighted by Crippen LogP contribution is 2.71. The molecule has 5 aromatic carbocycles. The number of para-hydroxylation sites is 1. The van der Waals surface area contributed by atoms with Gasteiger partial charge in [-0.15, -0.1) is 0 Å². The number of carbonyl (C=O) groups excluding carboxylic acids is 1. The molecule has 0 bridgehead atoms. The molecule has 1 spiro atoms. The second-order valence-electron chi connectivity index (χ2n) is 9.77. The lowest BCUT2D eigenvalue weighted by Crippen LogP contribution is -2.34. The van der Waals surface area contributed by atoms with Gasteiger partial charge < -0.3 is 0 Å². The van der Waals surface area contributed by atoms with E-state index in [1.807, 2.05) is 89.9 Å². The maximum absolute atomic E-state index is 13.8. The van der Waals surface area contributed by atoms with Crippen LogP contribution in [0.4, 0.5) is 5.69 Å². The second-order valence-corrected chi connectivity index (χ2v) is 13.5. The van der Waals surface area contributed by atoms with Gasteiger partial charge in [-0.1, -0.05) is 144 Å². The third-order valence-corrected chi connectivity index (χ3v) is 11.2. The standard InChI is InChI=1S/C34H22Cl2N2OS2/c35-26-19-15-24(16-20-26)33(25-17-21-27(36)22-18-25)29-13-7-8-14-30(29)34(41-33)38(28-11-5-2-6-12-28)37-32(40-34)31(39)23-9-3-1-4-10-23/h1-22H. The van der Waals surface area contributed by atoms with Crippen LogP contribution in [0, 0.1) is 0 Å². The van der Waals surface area contributed by atoms with E-state index in [0.29, 0.717) is 20.7 Å². The normalized spacial score (nSPS) is 18.8. The van der Waals surface area contributed by atoms with Crippen LogP contribution in [0.3, 0.4) is 0 Å². The summed E-state index contributed by atoms with van der Waals surface area (Å²) < 4.78 is -1.40. The number of thioether (sulfide) groups is 2. The Hall–Kier alpha value is -3.48. The number of hydrazone groups is 1. The first-order chi connectivity index (χ1) is 20.0. The first-order valence-corrected chi connectivity index (χ1v) is 15.4. The molecule has 200 valence electrons. The number of carbonyl (C=O) groups is 1. The molecule has 2 aliphatic heterocycles. The van der Waals surface area contributed by atoms with E-state index in [-0.39, 0.29) is 5.78 Å². The first-order valence-electron chi connectivity index (χ1n) is 13.1. The molecular weight excluding hydrogens is 587 g/mol. The molecule has 0 radical (unpaired) electrons. The zero-order chi connectivity index (χ0) is 28.0. The molecule has 0 amide bonds. The third kappa shape index (κ3) is 4.31. The SMILES string of the molecule is O=C(C1=NN(c2ccccc2)C2(S1)SC(c1ccc(Cl)cc1)(c1ccc(Cl)cc1)c1ccccc12)c1ccccc1. The molecule has 7 rings (SSSR count). The summed E-state index contributed by atoms with van der Waals surface area (Å²) in [4.78, 5) is 13.8. The number of rotatable bonds is 5. The van der Waals surface area contributed by atoms with Gasteiger partial charge in [-0.2, -0.15) is 5.10 Å². The van der Waals surface area contributed by atoms with Gasteiger partial charge in [0.15, 0.2) is 9.25 Å². The quantitative estimate of drug-likeness (QED) is 0.186. The van der Waals surface area contributed by atoms with Crippen LogP contribution in [0.15, 0.2) is 139 Å². The van der Waals surface area contributed by atoms with Crippen LogP contribution in [-0.4, -0.2) is 10.8 Å². The Morgan fingerprint density at radius 2 is 1.15 bits per heavy atom. The van der Waals surface area contributed by atoms with E-state index in [4.69, 9.17) is 28.3 Å². The predicted molar refractivity (Wildman–Crippen MR) is 173 cm³/mol. The number of ketones is 1. The van der Waals surface area contributed by atoms with Crippen LogP contribution >= 0.6 is 46.7 Å². The lowest BCUT2D eigenvalue weighted by Gasteiger charge is -2.37. The molecule has 2 heterocycles. The van der Waals surface area contributed by atoms with Crippen molar-refractivity contribution in [3.8, 4) is 0 Å². The average Bonchev–Trinajstić information content (AvgIpc) is 3.55. The van der Waals surface area contributed by atoms with E-state index in [1.165, 1.54) is 11.8 Å². The van der Waals surface area contributed by atoms with Crippen LogP contribution < -0.4 is 5.01 Å². The maximum Gasteiger partial charge on any atom is 0.219 e. The third-order valence-electron chi connectivity index (χ3n) is 7.38. The minimum absolute atomic E-state index is 0.0954. The number of nitrogens with zero attached hydrogens (tertiary/aromatic N) is 2. The summed E-state index contributed by atoms with van der Waals surface area (Å²) in [7, 11) is 0. The maximum atomic E-state index is 13.8. The lowest BCUT2D eigenvalue weighted by atomic mass is 9.82. The van der Waals surface area contributed by atoms with Crippen molar-refractivity contribution in [3.63, 3.8) is 0 Å². The van der Waals surface area contributed by atoms with Gasteiger partial charge in [-0.25, -0.2) is 5.01 Å². The topological polar surface area (TPSA) is 32.7 Å². The van der Waals surface area contributed by atoms with Crippen LogP contribution in [-0.2, 0) is 8.95 Å². The van der Waals surface area contributed by atoms with Gasteiger partial charge in [-0.05, 0) is 53.1 Å². The fourth-order valence-corrected chi connectivity index (χ4v) is 9.41. The van der Waals surface area contributed by atoms with Gasteiger partial charge in [0.1, 0.15) is 0 Å². The fourth-order valence-electron chi connectivity index (χ4n) is 5.53. The van der Waals surface area contributed by atoms with Crippen LogP contribution in [0.1, 0.15) is 32.6 Å². The molecule has 5 aromatic rings. The number of anilines is 1. The van der Waals surface area contributed by atoms with E-state index >= 15 is 0 Å². The van der Waals surface area contributed by atoms with Gasteiger partial charge >= 0.3 is 0 Å². The van der Waals surface area contributed by atoms with Crippen LogP contribution in [0.2, 0.25) is 10.0 Å². The minimum atomic E-state index is -0.767. The summed E-state index contributed by atoms with van der Waals surface area (Å²) >= 11 is 16.0.